The van der Waals surface area contributed by atoms with E-state index < -0.39 is 36.2 Å². The van der Waals surface area contributed by atoms with Gasteiger partial charge in [0.05, 0.1) is 18.7 Å². The molecule has 0 fully saturated rings. The van der Waals surface area contributed by atoms with Crippen LogP contribution in [-0.4, -0.2) is 59.7 Å². The summed E-state index contributed by atoms with van der Waals surface area (Å²) in [6, 6.07) is 4.65. The van der Waals surface area contributed by atoms with Gasteiger partial charge in [-0.25, -0.2) is 4.79 Å². The molecule has 1 aromatic rings. The van der Waals surface area contributed by atoms with Gasteiger partial charge >= 0.3 is 11.9 Å². The molecule has 1 amide bonds. The van der Waals surface area contributed by atoms with Crippen LogP contribution >= 0.6 is 0 Å². The number of carbonyl (C=O) groups is 3. The van der Waals surface area contributed by atoms with Crippen LogP contribution in [0.3, 0.4) is 0 Å². The fraction of sp³-hybridized carbons (Fsp3) is 0.333. The van der Waals surface area contributed by atoms with Crippen molar-refractivity contribution < 1.29 is 38.9 Å². The zero-order valence-electron chi connectivity index (χ0n) is 21.0. The number of rotatable bonds is 6. The van der Waals surface area contributed by atoms with Crippen molar-refractivity contribution in [2.75, 3.05) is 7.11 Å². The lowest BCUT2D eigenvalue weighted by Gasteiger charge is -2.18. The molecule has 10 nitrogen and oxygen atoms in total. The topological polar surface area (TPSA) is 144 Å². The number of amides is 1. The molecule has 1 aliphatic heterocycles. The van der Waals surface area contributed by atoms with E-state index >= 15 is 0 Å². The Kier molecular flexibility index (Phi) is 11.8. The number of allylic oxidation sites excluding steroid dienone is 2. The molecule has 0 aromatic heterocycles. The highest BCUT2D eigenvalue weighted by atomic mass is 16.6. The SMILES string of the molecule is CO/N=C/C=C/C(=O)N/C=C/CC1CC(=O)OC(C)/C=C/[C@H](O)/C(C)=C\Cc2cccc(O)c2C(=O)O1. The molecule has 3 N–H and O–H groups in total. The van der Waals surface area contributed by atoms with Crippen molar-refractivity contribution in [2.45, 2.75) is 51.4 Å². The number of cyclic esters (lactones) is 2. The molecule has 0 aliphatic carbocycles. The van der Waals surface area contributed by atoms with Crippen molar-refractivity contribution in [3.8, 4) is 5.75 Å². The van der Waals surface area contributed by atoms with Gasteiger partial charge < -0.3 is 29.8 Å². The molecule has 3 atom stereocenters. The Hall–Kier alpha value is -4.18. The minimum atomic E-state index is -0.936. The summed E-state index contributed by atoms with van der Waals surface area (Å²) in [5.74, 6) is -2.12. The highest BCUT2D eigenvalue weighted by molar-refractivity contribution is 5.94. The summed E-state index contributed by atoms with van der Waals surface area (Å²) >= 11 is 0. The molecule has 0 spiro atoms. The zero-order valence-corrected chi connectivity index (χ0v) is 21.0. The van der Waals surface area contributed by atoms with Gasteiger partial charge in [-0.05, 0) is 49.6 Å². The number of phenolic OH excluding ortho intramolecular Hbond substituents is 1. The van der Waals surface area contributed by atoms with Crippen molar-refractivity contribution in [1.29, 1.82) is 0 Å². The molecule has 10 heteroatoms. The fourth-order valence-corrected chi connectivity index (χ4v) is 3.30. The Balaban J connectivity index is 2.25. The third-order valence-electron chi connectivity index (χ3n) is 5.24. The molecule has 2 unspecified atom stereocenters. The average Bonchev–Trinajstić information content (AvgIpc) is 2.85. The van der Waals surface area contributed by atoms with E-state index in [1.165, 1.54) is 49.9 Å². The van der Waals surface area contributed by atoms with Gasteiger partial charge in [-0.2, -0.15) is 0 Å². The van der Waals surface area contributed by atoms with Crippen molar-refractivity contribution in [3.05, 3.63) is 77.6 Å². The van der Waals surface area contributed by atoms with Crippen LogP contribution in [0, 0.1) is 0 Å². The lowest BCUT2D eigenvalue weighted by Crippen LogP contribution is -2.25. The highest BCUT2D eigenvalue weighted by Crippen LogP contribution is 2.25. The van der Waals surface area contributed by atoms with Gasteiger partial charge in [-0.3, -0.25) is 9.59 Å². The Morgan fingerprint density at radius 2 is 2.05 bits per heavy atom. The van der Waals surface area contributed by atoms with Gasteiger partial charge in [0.1, 0.15) is 30.6 Å². The Morgan fingerprint density at radius 1 is 1.27 bits per heavy atom. The molecule has 0 saturated carbocycles. The second-order valence-corrected chi connectivity index (χ2v) is 8.16. The summed E-state index contributed by atoms with van der Waals surface area (Å²) in [7, 11) is 1.38. The average molecular weight is 513 g/mol. The summed E-state index contributed by atoms with van der Waals surface area (Å²) in [5.41, 5.74) is 1.09. The molecule has 0 bridgehead atoms. The lowest BCUT2D eigenvalue weighted by atomic mass is 10.0. The van der Waals surface area contributed by atoms with E-state index in [-0.39, 0.29) is 30.6 Å². The quantitative estimate of drug-likeness (QED) is 0.174. The van der Waals surface area contributed by atoms with Crippen LogP contribution in [0.15, 0.2) is 71.6 Å². The van der Waals surface area contributed by atoms with E-state index in [0.717, 1.165) is 0 Å². The van der Waals surface area contributed by atoms with Gasteiger partial charge in [0, 0.05) is 18.7 Å². The normalized spacial score (nSPS) is 23.9. The first-order valence-electron chi connectivity index (χ1n) is 11.6. The number of ether oxygens (including phenoxy) is 2. The van der Waals surface area contributed by atoms with Crippen LogP contribution < -0.4 is 5.32 Å². The minimum absolute atomic E-state index is 0.0293. The number of fused-ring (bicyclic) bond motifs is 1. The van der Waals surface area contributed by atoms with Gasteiger partial charge in [-0.1, -0.05) is 35.5 Å². The molecule has 2 rings (SSSR count). The molecular formula is C27H32N2O8. The number of hydrogen-bond acceptors (Lipinski definition) is 9. The van der Waals surface area contributed by atoms with Crippen molar-refractivity contribution in [2.24, 2.45) is 5.16 Å². The van der Waals surface area contributed by atoms with E-state index in [4.69, 9.17) is 9.47 Å². The van der Waals surface area contributed by atoms with Crippen molar-refractivity contribution >= 4 is 24.1 Å². The van der Waals surface area contributed by atoms with Crippen LogP contribution in [0.2, 0.25) is 0 Å². The van der Waals surface area contributed by atoms with Crippen LogP contribution in [0.4, 0.5) is 0 Å². The summed E-state index contributed by atoms with van der Waals surface area (Å²) in [6.45, 7) is 3.38. The van der Waals surface area contributed by atoms with Gasteiger partial charge in [0.15, 0.2) is 0 Å². The van der Waals surface area contributed by atoms with E-state index in [1.54, 1.807) is 38.1 Å². The zero-order chi connectivity index (χ0) is 27.2. The number of aliphatic hydroxyl groups is 1. The number of hydrogen-bond donors (Lipinski definition) is 3. The molecule has 37 heavy (non-hydrogen) atoms. The maximum absolute atomic E-state index is 13.1. The Morgan fingerprint density at radius 3 is 2.81 bits per heavy atom. The second kappa shape index (κ2) is 15.0. The largest absolute Gasteiger partial charge is 0.507 e. The molecular weight excluding hydrogens is 480 g/mol. The highest BCUT2D eigenvalue weighted by Gasteiger charge is 2.24. The van der Waals surface area contributed by atoms with Gasteiger partial charge in [-0.15, -0.1) is 0 Å². The molecule has 1 aliphatic rings. The number of aliphatic hydroxyl groups excluding tert-OH is 1. The number of carbonyl (C=O) groups excluding carboxylic acids is 3. The number of benzene rings is 1. The monoisotopic (exact) mass is 512 g/mol. The number of aromatic hydroxyl groups is 1. The predicted molar refractivity (Wildman–Crippen MR) is 137 cm³/mol. The Labute approximate surface area is 215 Å². The third-order valence-corrected chi connectivity index (χ3v) is 5.24. The first-order chi connectivity index (χ1) is 17.7. The number of phenols is 1. The predicted octanol–water partition coefficient (Wildman–Crippen LogP) is 2.87. The molecule has 1 aromatic carbocycles. The van der Waals surface area contributed by atoms with Crippen molar-refractivity contribution in [1.82, 2.24) is 5.32 Å². The molecule has 0 radical (unpaired) electrons. The first kappa shape index (κ1) is 29.1. The van der Waals surface area contributed by atoms with Crippen LogP contribution in [-0.2, 0) is 30.3 Å². The number of esters is 2. The Bertz CT molecular complexity index is 1100. The number of oxime groups is 1. The van der Waals surface area contributed by atoms with E-state index in [9.17, 15) is 24.6 Å². The smallest absolute Gasteiger partial charge is 0.342 e. The lowest BCUT2D eigenvalue weighted by molar-refractivity contribution is -0.148. The van der Waals surface area contributed by atoms with Gasteiger partial charge in [0.2, 0.25) is 5.91 Å². The molecule has 1 heterocycles. The van der Waals surface area contributed by atoms with E-state index in [1.807, 2.05) is 0 Å². The minimum Gasteiger partial charge on any atom is -0.507 e. The third kappa shape index (κ3) is 10.1. The maximum atomic E-state index is 13.1. The van der Waals surface area contributed by atoms with Crippen LogP contribution in [0.1, 0.15) is 42.6 Å². The second-order valence-electron chi connectivity index (χ2n) is 8.16. The maximum Gasteiger partial charge on any atom is 0.342 e. The summed E-state index contributed by atoms with van der Waals surface area (Å²) in [5, 5.41) is 26.7. The van der Waals surface area contributed by atoms with Crippen molar-refractivity contribution in [3.63, 3.8) is 0 Å². The number of nitrogens with one attached hydrogen (secondary N) is 1. The summed E-state index contributed by atoms with van der Waals surface area (Å²) < 4.78 is 10.9. The number of nitrogens with zero attached hydrogens (tertiary/aromatic N) is 1. The van der Waals surface area contributed by atoms with E-state index in [0.29, 0.717) is 11.1 Å². The van der Waals surface area contributed by atoms with Gasteiger partial charge in [0.25, 0.3) is 0 Å². The summed E-state index contributed by atoms with van der Waals surface area (Å²) in [6.07, 6.45) is 9.26. The van der Waals surface area contributed by atoms with E-state index in [2.05, 4.69) is 15.3 Å². The summed E-state index contributed by atoms with van der Waals surface area (Å²) in [4.78, 5) is 41.9. The fourth-order valence-electron chi connectivity index (χ4n) is 3.30. The first-order valence-corrected chi connectivity index (χ1v) is 11.6. The standard InChI is InChI=1S/C27H32N2O8/c1-18-11-13-20-7-4-9-23(31)26(20)27(34)37-21(17-25(33)36-19(2)12-14-22(18)30)8-5-15-28-24(32)10-6-16-29-35-3/h4-7,9-12,14-16,19,21-22,30-31H,8,13,17H2,1-3H3,(H,28,32)/b10-6+,14-12+,15-5+,18-11-,29-16+/t19?,21?,22-/m0/s1. The molecule has 198 valence electrons. The van der Waals surface area contributed by atoms with Crippen LogP contribution in [0.25, 0.3) is 0 Å². The molecule has 0 saturated heterocycles. The van der Waals surface area contributed by atoms with Crippen LogP contribution in [0.5, 0.6) is 5.75 Å².